The van der Waals surface area contributed by atoms with Crippen LogP contribution in [-0.4, -0.2) is 49.1 Å². The van der Waals surface area contributed by atoms with Crippen LogP contribution in [0.2, 0.25) is 0 Å². The molecular formula is C22H26NO9PS. The van der Waals surface area contributed by atoms with Crippen LogP contribution in [0.5, 0.6) is 5.75 Å². The molecule has 2 N–H and O–H groups in total. The molecule has 2 aromatic rings. The van der Waals surface area contributed by atoms with Crippen LogP contribution < -0.4 is 10.1 Å². The molecule has 0 aliphatic carbocycles. The number of phosphoric ester groups is 1. The number of amides is 2. The third-order valence-corrected chi connectivity index (χ3v) is 7.24. The lowest BCUT2D eigenvalue weighted by Gasteiger charge is -2.21. The predicted molar refractivity (Wildman–Crippen MR) is 124 cm³/mol. The normalized spacial score (nSPS) is 17.0. The Morgan fingerprint density at radius 2 is 1.82 bits per heavy atom. The summed E-state index contributed by atoms with van der Waals surface area (Å²) in [6, 6.07) is 14.3. The van der Waals surface area contributed by atoms with Crippen LogP contribution in [0.15, 0.2) is 48.5 Å². The van der Waals surface area contributed by atoms with Gasteiger partial charge in [0.15, 0.2) is 6.79 Å². The van der Waals surface area contributed by atoms with Gasteiger partial charge in [-0.05, 0) is 35.2 Å². The highest BCUT2D eigenvalue weighted by Gasteiger charge is 2.31. The van der Waals surface area contributed by atoms with Gasteiger partial charge in [-0.3, -0.25) is 28.5 Å². The first-order chi connectivity index (χ1) is 16.4. The van der Waals surface area contributed by atoms with Gasteiger partial charge < -0.3 is 14.6 Å². The average molecular weight is 511 g/mol. The van der Waals surface area contributed by atoms with Crippen molar-refractivity contribution in [3.05, 3.63) is 65.2 Å². The average Bonchev–Trinajstić information content (AvgIpc) is 3.18. The maximum absolute atomic E-state index is 12.1. The molecule has 1 aliphatic heterocycles. The number of aliphatic hydroxyl groups is 1. The van der Waals surface area contributed by atoms with E-state index in [4.69, 9.17) is 23.0 Å². The van der Waals surface area contributed by atoms with Crippen LogP contribution in [0.25, 0.3) is 0 Å². The predicted octanol–water partition coefficient (Wildman–Crippen LogP) is 3.58. The fraction of sp³-hybridized carbons (Fsp3) is 0.364. The Bertz CT molecular complexity index is 1030. The Kier molecular flexibility index (Phi) is 9.66. The van der Waals surface area contributed by atoms with Gasteiger partial charge in [-0.1, -0.05) is 48.2 Å². The highest BCUT2D eigenvalue weighted by Crippen LogP contribution is 2.47. The molecule has 0 aromatic heterocycles. The molecule has 184 valence electrons. The lowest BCUT2D eigenvalue weighted by molar-refractivity contribution is -0.118. The zero-order chi connectivity index (χ0) is 24.6. The molecule has 0 bridgehead atoms. The number of carbonyl (C=O) groups is 2. The number of hydrogen-bond donors (Lipinski definition) is 2. The quantitative estimate of drug-likeness (QED) is 0.304. The Hall–Kier alpha value is -2.24. The Labute approximate surface area is 201 Å². The Morgan fingerprint density at radius 1 is 1.09 bits per heavy atom. The number of hydrogen-bond acceptors (Lipinski definition) is 10. The van der Waals surface area contributed by atoms with Gasteiger partial charge in [0.2, 0.25) is 5.91 Å². The SMILES string of the molecule is COP(=O)(OC)OCOC(COc1ccc(CC2SC(=O)NC2=O)cc1)c1cccc(CO)c1. The molecule has 0 radical (unpaired) electrons. The molecule has 3 rings (SSSR count). The standard InChI is InChI=1S/C22H26NO9PS/c1-28-33(27,29-2)32-14-31-19(17-5-3-4-16(10-17)12-24)13-30-18-8-6-15(7-9-18)11-20-21(25)23-22(26)34-20/h3-10,19-20,24H,11-14H2,1-2H3,(H,23,25,26). The van der Waals surface area contributed by atoms with Crippen molar-refractivity contribution < 1.29 is 42.3 Å². The van der Waals surface area contributed by atoms with E-state index in [1.165, 1.54) is 14.2 Å². The second-order valence-corrected chi connectivity index (χ2v) is 10.2. The first-order valence-electron chi connectivity index (χ1n) is 10.3. The summed E-state index contributed by atoms with van der Waals surface area (Å²) >= 11 is 0.985. The minimum Gasteiger partial charge on any atom is -0.491 e. The number of thioether (sulfide) groups is 1. The fourth-order valence-corrected chi connectivity index (χ4v) is 4.53. The molecule has 1 aliphatic rings. The van der Waals surface area contributed by atoms with Crippen molar-refractivity contribution in [2.45, 2.75) is 24.4 Å². The Balaban J connectivity index is 1.63. The van der Waals surface area contributed by atoms with E-state index in [1.54, 1.807) is 30.3 Å². The summed E-state index contributed by atoms with van der Waals surface area (Å²) < 4.78 is 38.3. The van der Waals surface area contributed by atoms with Crippen molar-refractivity contribution in [3.63, 3.8) is 0 Å². The first-order valence-corrected chi connectivity index (χ1v) is 12.6. The van der Waals surface area contributed by atoms with E-state index in [2.05, 4.69) is 5.32 Å². The smallest absolute Gasteiger partial charge is 0.476 e. The highest BCUT2D eigenvalue weighted by atomic mass is 32.2. The molecule has 1 saturated heterocycles. The Morgan fingerprint density at radius 3 is 2.44 bits per heavy atom. The second-order valence-electron chi connectivity index (χ2n) is 7.16. The summed E-state index contributed by atoms with van der Waals surface area (Å²) in [5.74, 6) is 0.282. The van der Waals surface area contributed by atoms with Gasteiger partial charge in [-0.2, -0.15) is 0 Å². The molecule has 2 atom stereocenters. The molecule has 2 unspecified atom stereocenters. The maximum atomic E-state index is 12.1. The maximum Gasteiger partial charge on any atom is 0.476 e. The lowest BCUT2D eigenvalue weighted by Crippen LogP contribution is -2.25. The monoisotopic (exact) mass is 511 g/mol. The summed E-state index contributed by atoms with van der Waals surface area (Å²) in [5.41, 5.74) is 2.31. The van der Waals surface area contributed by atoms with E-state index in [0.29, 0.717) is 17.7 Å². The van der Waals surface area contributed by atoms with Crippen molar-refractivity contribution in [2.24, 2.45) is 0 Å². The summed E-state index contributed by atoms with van der Waals surface area (Å²) in [4.78, 5) is 23.1. The van der Waals surface area contributed by atoms with Crippen molar-refractivity contribution in [3.8, 4) is 5.75 Å². The molecule has 0 spiro atoms. The van der Waals surface area contributed by atoms with Crippen LogP contribution in [-0.2, 0) is 40.7 Å². The number of phosphoric acid groups is 1. The molecule has 2 amide bonds. The van der Waals surface area contributed by atoms with Crippen molar-refractivity contribution >= 4 is 30.7 Å². The molecule has 1 heterocycles. The van der Waals surface area contributed by atoms with Crippen molar-refractivity contribution in [1.82, 2.24) is 5.32 Å². The van der Waals surface area contributed by atoms with Gasteiger partial charge in [0.05, 0.1) is 11.9 Å². The molecule has 12 heteroatoms. The number of nitrogens with one attached hydrogen (secondary N) is 1. The van der Waals surface area contributed by atoms with Gasteiger partial charge in [0.25, 0.3) is 5.24 Å². The third-order valence-electron chi connectivity index (χ3n) is 4.95. The van der Waals surface area contributed by atoms with Crippen LogP contribution in [0.4, 0.5) is 4.79 Å². The number of rotatable bonds is 13. The number of ether oxygens (including phenoxy) is 2. The van der Waals surface area contributed by atoms with E-state index in [0.717, 1.165) is 22.9 Å². The second kappa shape index (κ2) is 12.5. The number of imide groups is 1. The molecule has 0 saturated carbocycles. The van der Waals surface area contributed by atoms with Gasteiger partial charge in [-0.15, -0.1) is 0 Å². The van der Waals surface area contributed by atoms with E-state index in [-0.39, 0.29) is 31.2 Å². The number of benzene rings is 2. The molecule has 34 heavy (non-hydrogen) atoms. The van der Waals surface area contributed by atoms with Crippen molar-refractivity contribution in [1.29, 1.82) is 0 Å². The topological polar surface area (TPSA) is 130 Å². The van der Waals surface area contributed by atoms with Crippen LogP contribution in [0.3, 0.4) is 0 Å². The largest absolute Gasteiger partial charge is 0.491 e. The summed E-state index contributed by atoms with van der Waals surface area (Å²) in [6.45, 7) is -0.419. The lowest BCUT2D eigenvalue weighted by atomic mass is 10.1. The fourth-order valence-electron chi connectivity index (χ4n) is 3.12. The minimum atomic E-state index is -3.70. The van der Waals surface area contributed by atoms with E-state index < -0.39 is 19.2 Å². The zero-order valence-corrected chi connectivity index (χ0v) is 20.4. The van der Waals surface area contributed by atoms with Crippen LogP contribution in [0.1, 0.15) is 22.8 Å². The van der Waals surface area contributed by atoms with Crippen LogP contribution in [0, 0.1) is 0 Å². The van der Waals surface area contributed by atoms with Crippen LogP contribution >= 0.6 is 19.6 Å². The summed E-state index contributed by atoms with van der Waals surface area (Å²) in [6.07, 6.45) is -0.184. The van der Waals surface area contributed by atoms with Gasteiger partial charge in [0, 0.05) is 14.2 Å². The zero-order valence-electron chi connectivity index (χ0n) is 18.7. The molecule has 1 fully saturated rings. The van der Waals surface area contributed by atoms with E-state index >= 15 is 0 Å². The highest BCUT2D eigenvalue weighted by molar-refractivity contribution is 8.15. The molecule has 2 aromatic carbocycles. The summed E-state index contributed by atoms with van der Waals surface area (Å²) in [7, 11) is -1.30. The first kappa shape index (κ1) is 26.4. The molecule has 10 nitrogen and oxygen atoms in total. The van der Waals surface area contributed by atoms with Crippen molar-refractivity contribution in [2.75, 3.05) is 27.6 Å². The number of carbonyl (C=O) groups excluding carboxylic acids is 2. The van der Waals surface area contributed by atoms with E-state index in [1.807, 2.05) is 18.2 Å². The third kappa shape index (κ3) is 7.38. The van der Waals surface area contributed by atoms with E-state index in [9.17, 15) is 19.3 Å². The number of aliphatic hydroxyl groups excluding tert-OH is 1. The van der Waals surface area contributed by atoms with Gasteiger partial charge in [-0.25, -0.2) is 4.57 Å². The minimum absolute atomic E-state index is 0.0945. The molecular weight excluding hydrogens is 485 g/mol. The van der Waals surface area contributed by atoms with Gasteiger partial charge in [0.1, 0.15) is 18.5 Å². The van der Waals surface area contributed by atoms with Gasteiger partial charge >= 0.3 is 7.82 Å². The summed E-state index contributed by atoms with van der Waals surface area (Å²) in [5, 5.41) is 11.0.